The van der Waals surface area contributed by atoms with Crippen molar-refractivity contribution < 1.29 is 13.2 Å². The number of carbonyl (C=O) groups is 1. The highest BCUT2D eigenvalue weighted by Gasteiger charge is 2.32. The van der Waals surface area contributed by atoms with Crippen molar-refractivity contribution in [2.24, 2.45) is 0 Å². The molecule has 0 radical (unpaired) electrons. The van der Waals surface area contributed by atoms with Crippen LogP contribution >= 0.6 is 35.0 Å². The monoisotopic (exact) mass is 479 g/mol. The van der Waals surface area contributed by atoms with E-state index < -0.39 is 15.9 Å². The maximum Gasteiger partial charge on any atom is 0.270 e. The van der Waals surface area contributed by atoms with E-state index in [1.165, 1.54) is 36.0 Å². The van der Waals surface area contributed by atoms with Gasteiger partial charge in [-0.2, -0.15) is 0 Å². The van der Waals surface area contributed by atoms with E-state index in [9.17, 15) is 13.2 Å². The van der Waals surface area contributed by atoms with Crippen LogP contribution in [0.25, 0.3) is 0 Å². The van der Waals surface area contributed by atoms with Gasteiger partial charge in [0.2, 0.25) is 0 Å². The molecule has 0 aliphatic rings. The predicted molar refractivity (Wildman–Crippen MR) is 124 cm³/mol. The van der Waals surface area contributed by atoms with Gasteiger partial charge >= 0.3 is 0 Å². The Balaban J connectivity index is 2.00. The SMILES string of the molecule is Cc1ccc(C)c(N(C(=O)CSc2ccc(Cl)cc2)S(=O)(=O)c2ccc(Cl)cc2)c1. The van der Waals surface area contributed by atoms with E-state index >= 15 is 0 Å². The number of carbonyl (C=O) groups excluding carboxylic acids is 1. The fraction of sp³-hybridized carbons (Fsp3) is 0.136. The molecule has 0 N–H and O–H groups in total. The third-order valence-electron chi connectivity index (χ3n) is 4.34. The van der Waals surface area contributed by atoms with Gasteiger partial charge in [0, 0.05) is 14.9 Å². The summed E-state index contributed by atoms with van der Waals surface area (Å²) < 4.78 is 27.8. The predicted octanol–water partition coefficient (Wildman–Crippen LogP) is 6.12. The summed E-state index contributed by atoms with van der Waals surface area (Å²) in [5.41, 5.74) is 1.87. The molecule has 4 nitrogen and oxygen atoms in total. The molecule has 1 amide bonds. The first kappa shape index (κ1) is 22.7. The summed E-state index contributed by atoms with van der Waals surface area (Å²) in [5, 5.41) is 1.00. The Bertz CT molecular complexity index is 1160. The number of rotatable bonds is 6. The highest BCUT2D eigenvalue weighted by molar-refractivity contribution is 8.00. The van der Waals surface area contributed by atoms with Crippen LogP contribution in [0.15, 0.2) is 76.5 Å². The van der Waals surface area contributed by atoms with E-state index in [4.69, 9.17) is 23.2 Å². The number of nitrogens with zero attached hydrogens (tertiary/aromatic N) is 1. The zero-order valence-corrected chi connectivity index (χ0v) is 19.4. The molecule has 30 heavy (non-hydrogen) atoms. The quantitative estimate of drug-likeness (QED) is 0.399. The van der Waals surface area contributed by atoms with Crippen LogP contribution in [0.1, 0.15) is 11.1 Å². The summed E-state index contributed by atoms with van der Waals surface area (Å²) in [5.74, 6) is -0.597. The van der Waals surface area contributed by atoms with Crippen molar-refractivity contribution in [1.82, 2.24) is 0 Å². The van der Waals surface area contributed by atoms with Crippen molar-refractivity contribution in [2.45, 2.75) is 23.6 Å². The lowest BCUT2D eigenvalue weighted by Crippen LogP contribution is -2.38. The Kier molecular flexibility index (Phi) is 7.14. The zero-order valence-electron chi connectivity index (χ0n) is 16.3. The number of anilines is 1. The molecule has 156 valence electrons. The van der Waals surface area contributed by atoms with E-state index in [1.807, 2.05) is 13.0 Å². The van der Waals surface area contributed by atoms with Crippen LogP contribution in [0.4, 0.5) is 5.69 Å². The van der Waals surface area contributed by atoms with Gasteiger partial charge in [0.1, 0.15) is 0 Å². The number of benzene rings is 3. The molecule has 0 heterocycles. The Labute approximate surface area is 190 Å². The van der Waals surface area contributed by atoms with Crippen LogP contribution in [-0.4, -0.2) is 20.1 Å². The molecule has 3 aromatic carbocycles. The first-order valence-corrected chi connectivity index (χ1v) is 12.2. The van der Waals surface area contributed by atoms with Crippen molar-refractivity contribution in [1.29, 1.82) is 0 Å². The zero-order chi connectivity index (χ0) is 21.9. The van der Waals surface area contributed by atoms with Gasteiger partial charge in [-0.05, 0) is 79.6 Å². The highest BCUT2D eigenvalue weighted by atomic mass is 35.5. The van der Waals surface area contributed by atoms with Crippen molar-refractivity contribution in [2.75, 3.05) is 10.1 Å². The number of sulfonamides is 1. The molecule has 8 heteroatoms. The minimum Gasteiger partial charge on any atom is -0.272 e. The van der Waals surface area contributed by atoms with Crippen LogP contribution in [-0.2, 0) is 14.8 Å². The van der Waals surface area contributed by atoms with E-state index in [2.05, 4.69) is 0 Å². The first-order chi connectivity index (χ1) is 14.2. The minimum absolute atomic E-state index is 0.00218. The maximum atomic E-state index is 13.4. The fourth-order valence-corrected chi connectivity index (χ4v) is 5.34. The highest BCUT2D eigenvalue weighted by Crippen LogP contribution is 2.30. The molecule has 0 aliphatic heterocycles. The van der Waals surface area contributed by atoms with Gasteiger partial charge in [0.15, 0.2) is 0 Å². The molecule has 0 fully saturated rings. The Morgan fingerprint density at radius 2 is 1.47 bits per heavy atom. The van der Waals surface area contributed by atoms with Gasteiger partial charge in [-0.25, -0.2) is 12.7 Å². The lowest BCUT2D eigenvalue weighted by atomic mass is 10.1. The molecular formula is C22H19Cl2NO3S2. The van der Waals surface area contributed by atoms with Gasteiger partial charge in [-0.1, -0.05) is 35.3 Å². The van der Waals surface area contributed by atoms with Crippen LogP contribution in [0, 0.1) is 13.8 Å². The molecule has 0 saturated carbocycles. The largest absolute Gasteiger partial charge is 0.272 e. The normalized spacial score (nSPS) is 11.3. The average molecular weight is 480 g/mol. The third-order valence-corrected chi connectivity index (χ3v) is 7.59. The summed E-state index contributed by atoms with van der Waals surface area (Å²) in [7, 11) is -4.13. The molecule has 0 saturated heterocycles. The summed E-state index contributed by atoms with van der Waals surface area (Å²) in [6.45, 7) is 3.63. The fourth-order valence-electron chi connectivity index (χ4n) is 2.78. The second-order valence-electron chi connectivity index (χ2n) is 6.65. The lowest BCUT2D eigenvalue weighted by molar-refractivity contribution is -0.115. The van der Waals surface area contributed by atoms with Crippen LogP contribution < -0.4 is 4.31 Å². The summed E-state index contributed by atoms with van der Waals surface area (Å²) >= 11 is 13.1. The van der Waals surface area contributed by atoms with Gasteiger partial charge in [0.25, 0.3) is 15.9 Å². The Hall–Kier alpha value is -1.99. The molecule has 3 rings (SSSR count). The maximum absolute atomic E-state index is 13.4. The van der Waals surface area contributed by atoms with E-state index in [1.54, 1.807) is 43.3 Å². The van der Waals surface area contributed by atoms with E-state index in [0.717, 1.165) is 14.8 Å². The van der Waals surface area contributed by atoms with Crippen molar-refractivity contribution in [3.63, 3.8) is 0 Å². The van der Waals surface area contributed by atoms with Crippen LogP contribution in [0.3, 0.4) is 0 Å². The minimum atomic E-state index is -4.13. The second kappa shape index (κ2) is 9.43. The summed E-state index contributed by atoms with van der Waals surface area (Å²) in [4.78, 5) is 14.0. The topological polar surface area (TPSA) is 54.5 Å². The number of aryl methyl sites for hydroxylation is 2. The van der Waals surface area contributed by atoms with Crippen molar-refractivity contribution in [3.05, 3.63) is 87.9 Å². The average Bonchev–Trinajstić information content (AvgIpc) is 2.70. The number of amides is 1. The smallest absolute Gasteiger partial charge is 0.270 e. The van der Waals surface area contributed by atoms with Gasteiger partial charge in [0.05, 0.1) is 16.3 Å². The number of hydrogen-bond acceptors (Lipinski definition) is 4. The van der Waals surface area contributed by atoms with Crippen LogP contribution in [0.2, 0.25) is 10.0 Å². The first-order valence-electron chi connectivity index (χ1n) is 8.98. The molecule has 0 aliphatic carbocycles. The third kappa shape index (κ3) is 5.19. The summed E-state index contributed by atoms with van der Waals surface area (Å²) in [6, 6.07) is 18.2. The molecule has 0 unspecified atom stereocenters. The van der Waals surface area contributed by atoms with Crippen LogP contribution in [0.5, 0.6) is 0 Å². The molecule has 0 spiro atoms. The molecule has 0 atom stereocenters. The summed E-state index contributed by atoms with van der Waals surface area (Å²) in [6.07, 6.45) is 0. The van der Waals surface area contributed by atoms with Gasteiger partial charge in [-0.15, -0.1) is 11.8 Å². The van der Waals surface area contributed by atoms with Crippen molar-refractivity contribution in [3.8, 4) is 0 Å². The number of halogens is 2. The molecule has 3 aromatic rings. The molecular weight excluding hydrogens is 461 g/mol. The van der Waals surface area contributed by atoms with Crippen molar-refractivity contribution >= 4 is 56.6 Å². The standard InChI is InChI=1S/C22H19Cl2NO3S2/c1-15-3-4-16(2)21(13-15)25(30(27,28)20-11-7-18(24)8-12-20)22(26)14-29-19-9-5-17(23)6-10-19/h3-13H,14H2,1-2H3. The number of hydrogen-bond donors (Lipinski definition) is 0. The Morgan fingerprint density at radius 1 is 0.900 bits per heavy atom. The van der Waals surface area contributed by atoms with Gasteiger partial charge in [-0.3, -0.25) is 4.79 Å². The Morgan fingerprint density at radius 3 is 2.07 bits per heavy atom. The molecule has 0 aromatic heterocycles. The van der Waals surface area contributed by atoms with Gasteiger partial charge < -0.3 is 0 Å². The van der Waals surface area contributed by atoms with E-state index in [0.29, 0.717) is 21.3 Å². The lowest BCUT2D eigenvalue weighted by Gasteiger charge is -2.24. The number of thioether (sulfide) groups is 1. The molecule has 0 bridgehead atoms. The second-order valence-corrected chi connectivity index (χ2v) is 10.4. The van der Waals surface area contributed by atoms with E-state index in [-0.39, 0.29) is 10.6 Å².